The van der Waals surface area contributed by atoms with Crippen LogP contribution in [-0.2, 0) is 0 Å². The number of fused-ring (bicyclic) bond motifs is 1. The molecule has 0 fully saturated rings. The maximum absolute atomic E-state index is 12.4. The van der Waals surface area contributed by atoms with Crippen LogP contribution in [0.25, 0.3) is 28.4 Å². The Bertz CT molecular complexity index is 1150. The van der Waals surface area contributed by atoms with Crippen molar-refractivity contribution in [1.29, 1.82) is 0 Å². The number of carbonyl (C=O) groups excluding carboxylic acids is 1. The summed E-state index contributed by atoms with van der Waals surface area (Å²) in [5.74, 6) is 0.473. The van der Waals surface area contributed by atoms with Crippen molar-refractivity contribution < 1.29 is 9.21 Å². The molecule has 0 saturated carbocycles. The van der Waals surface area contributed by atoms with Crippen molar-refractivity contribution in [1.82, 2.24) is 19.5 Å². The topological polar surface area (TPSA) is 120 Å². The van der Waals surface area contributed by atoms with Crippen LogP contribution in [-0.4, -0.2) is 25.4 Å². The third-order valence-corrected chi connectivity index (χ3v) is 3.75. The van der Waals surface area contributed by atoms with Crippen molar-refractivity contribution in [2.75, 3.05) is 0 Å². The molecule has 8 nitrogen and oxygen atoms in total. The van der Waals surface area contributed by atoms with Crippen LogP contribution in [0, 0.1) is 6.92 Å². The molecule has 25 heavy (non-hydrogen) atoms. The highest BCUT2D eigenvalue weighted by atomic mass is 16.3. The monoisotopic (exact) mass is 335 g/mol. The van der Waals surface area contributed by atoms with Crippen LogP contribution in [0.5, 0.6) is 0 Å². The molecule has 0 atom stereocenters. The van der Waals surface area contributed by atoms with Gasteiger partial charge in [-0.15, -0.1) is 0 Å². The number of nitrogens with zero attached hydrogens (tertiary/aromatic N) is 3. The molecule has 0 aliphatic carbocycles. The van der Waals surface area contributed by atoms with Crippen LogP contribution >= 0.6 is 0 Å². The van der Waals surface area contributed by atoms with E-state index >= 15 is 0 Å². The lowest BCUT2D eigenvalue weighted by molar-refractivity contribution is 0.0997. The molecule has 124 valence electrons. The maximum atomic E-state index is 12.4. The van der Waals surface area contributed by atoms with Gasteiger partial charge in [0, 0.05) is 0 Å². The Morgan fingerprint density at radius 2 is 1.92 bits per heavy atom. The first kappa shape index (κ1) is 14.9. The number of carbonyl (C=O) groups is 1. The number of H-pyrrole nitrogens is 1. The van der Waals surface area contributed by atoms with E-state index < -0.39 is 11.6 Å². The minimum atomic E-state index is -0.765. The Kier molecular flexibility index (Phi) is 3.24. The van der Waals surface area contributed by atoms with Crippen molar-refractivity contribution in [2.45, 2.75) is 6.92 Å². The van der Waals surface area contributed by atoms with E-state index in [1.165, 1.54) is 4.57 Å². The van der Waals surface area contributed by atoms with E-state index in [0.717, 1.165) is 0 Å². The van der Waals surface area contributed by atoms with E-state index in [4.69, 9.17) is 10.2 Å². The molecule has 0 aliphatic rings. The minimum Gasteiger partial charge on any atom is -0.458 e. The van der Waals surface area contributed by atoms with Gasteiger partial charge in [-0.1, -0.05) is 18.2 Å². The predicted molar refractivity (Wildman–Crippen MR) is 90.4 cm³/mol. The molecule has 3 aromatic heterocycles. The SMILES string of the molecule is Cc1ccc(-c2nc(C(N)=O)c3[nH]c(=O)n(-c4ccccc4)c3n2)o1. The number of hydrogen-bond acceptors (Lipinski definition) is 5. The number of nitrogens with one attached hydrogen (secondary N) is 1. The van der Waals surface area contributed by atoms with Crippen molar-refractivity contribution in [2.24, 2.45) is 5.73 Å². The highest BCUT2D eigenvalue weighted by Gasteiger charge is 2.21. The fraction of sp³-hybridized carbons (Fsp3) is 0.0588. The fourth-order valence-corrected chi connectivity index (χ4v) is 2.64. The number of aromatic nitrogens is 4. The second-order valence-electron chi connectivity index (χ2n) is 5.47. The van der Waals surface area contributed by atoms with E-state index in [0.29, 0.717) is 17.2 Å². The number of imidazole rings is 1. The van der Waals surface area contributed by atoms with Gasteiger partial charge in [-0.25, -0.2) is 19.3 Å². The average Bonchev–Trinajstić information content (AvgIpc) is 3.17. The van der Waals surface area contributed by atoms with Gasteiger partial charge < -0.3 is 15.1 Å². The Balaban J connectivity index is 2.08. The first-order chi connectivity index (χ1) is 12.0. The number of aromatic amines is 1. The molecule has 1 amide bonds. The lowest BCUT2D eigenvalue weighted by Crippen LogP contribution is -2.15. The second kappa shape index (κ2) is 5.45. The van der Waals surface area contributed by atoms with Gasteiger partial charge in [0.25, 0.3) is 5.91 Å². The molecule has 0 spiro atoms. The number of benzene rings is 1. The normalized spacial score (nSPS) is 11.1. The summed E-state index contributed by atoms with van der Waals surface area (Å²) in [6.07, 6.45) is 0. The number of rotatable bonds is 3. The summed E-state index contributed by atoms with van der Waals surface area (Å²) in [6.45, 7) is 1.78. The van der Waals surface area contributed by atoms with Crippen molar-refractivity contribution in [3.63, 3.8) is 0 Å². The summed E-state index contributed by atoms with van der Waals surface area (Å²) in [4.78, 5) is 35.5. The van der Waals surface area contributed by atoms with Crippen molar-refractivity contribution >= 4 is 17.1 Å². The smallest absolute Gasteiger partial charge is 0.332 e. The standard InChI is InChI=1S/C17H13N5O3/c1-9-7-8-11(25-9)15-19-12(14(18)23)13-16(21-15)22(17(24)20-13)10-5-3-2-4-6-10/h2-8H,1H3,(H2,18,23)(H,20,24). The molecule has 3 N–H and O–H groups in total. The quantitative estimate of drug-likeness (QED) is 0.591. The summed E-state index contributed by atoms with van der Waals surface area (Å²) < 4.78 is 6.89. The molecule has 0 saturated heterocycles. The molecular formula is C17H13N5O3. The van der Waals surface area contributed by atoms with E-state index in [1.807, 2.05) is 6.07 Å². The van der Waals surface area contributed by atoms with Gasteiger partial charge in [-0.2, -0.15) is 0 Å². The fourth-order valence-electron chi connectivity index (χ4n) is 2.64. The van der Waals surface area contributed by atoms with E-state index in [9.17, 15) is 9.59 Å². The Labute approximate surface area is 140 Å². The molecular weight excluding hydrogens is 322 g/mol. The molecule has 0 radical (unpaired) electrons. The van der Waals surface area contributed by atoms with Gasteiger partial charge in [0.15, 0.2) is 22.9 Å². The number of hydrogen-bond donors (Lipinski definition) is 2. The van der Waals surface area contributed by atoms with Gasteiger partial charge in [0.1, 0.15) is 11.3 Å². The van der Waals surface area contributed by atoms with Crippen LogP contribution in [0.4, 0.5) is 0 Å². The predicted octanol–water partition coefficient (Wildman–Crippen LogP) is 1.78. The lowest BCUT2D eigenvalue weighted by atomic mass is 10.3. The molecule has 0 bridgehead atoms. The van der Waals surface area contributed by atoms with E-state index in [1.54, 1.807) is 43.3 Å². The summed E-state index contributed by atoms with van der Waals surface area (Å²) in [5, 5.41) is 0. The summed E-state index contributed by atoms with van der Waals surface area (Å²) in [6, 6.07) is 12.4. The molecule has 4 aromatic rings. The number of primary amides is 1. The number of furan rings is 1. The lowest BCUT2D eigenvalue weighted by Gasteiger charge is -2.05. The maximum Gasteiger partial charge on any atom is 0.332 e. The largest absolute Gasteiger partial charge is 0.458 e. The zero-order valence-electron chi connectivity index (χ0n) is 13.2. The van der Waals surface area contributed by atoms with Gasteiger partial charge in [0.2, 0.25) is 0 Å². The average molecular weight is 335 g/mol. The van der Waals surface area contributed by atoms with Crippen LogP contribution in [0.3, 0.4) is 0 Å². The molecule has 8 heteroatoms. The Morgan fingerprint density at radius 3 is 2.56 bits per heavy atom. The summed E-state index contributed by atoms with van der Waals surface area (Å²) in [5.41, 5.74) is 5.98. The highest BCUT2D eigenvalue weighted by Crippen LogP contribution is 2.23. The number of para-hydroxylation sites is 1. The van der Waals surface area contributed by atoms with Gasteiger partial charge in [0.05, 0.1) is 5.69 Å². The molecule has 0 aliphatic heterocycles. The number of nitrogens with two attached hydrogens (primary N) is 1. The Morgan fingerprint density at radius 1 is 1.16 bits per heavy atom. The number of aryl methyl sites for hydroxylation is 1. The zero-order chi connectivity index (χ0) is 17.6. The summed E-state index contributed by atoms with van der Waals surface area (Å²) in [7, 11) is 0. The number of amides is 1. The molecule has 3 heterocycles. The first-order valence-corrected chi connectivity index (χ1v) is 7.49. The van der Waals surface area contributed by atoms with Gasteiger partial charge >= 0.3 is 5.69 Å². The molecule has 0 unspecified atom stereocenters. The molecule has 4 rings (SSSR count). The van der Waals surface area contributed by atoms with E-state index in [2.05, 4.69) is 15.0 Å². The summed E-state index contributed by atoms with van der Waals surface area (Å²) >= 11 is 0. The van der Waals surface area contributed by atoms with Gasteiger partial charge in [-0.05, 0) is 31.2 Å². The second-order valence-corrected chi connectivity index (χ2v) is 5.47. The van der Waals surface area contributed by atoms with Crippen LogP contribution in [0.15, 0.2) is 51.7 Å². The molecule has 1 aromatic carbocycles. The van der Waals surface area contributed by atoms with Crippen LogP contribution in [0.1, 0.15) is 16.2 Å². The van der Waals surface area contributed by atoms with Gasteiger partial charge in [-0.3, -0.25) is 4.79 Å². The highest BCUT2D eigenvalue weighted by molar-refractivity contribution is 6.02. The third-order valence-electron chi connectivity index (χ3n) is 3.75. The minimum absolute atomic E-state index is 0.0687. The first-order valence-electron chi connectivity index (χ1n) is 7.49. The van der Waals surface area contributed by atoms with Crippen molar-refractivity contribution in [3.8, 4) is 17.3 Å². The van der Waals surface area contributed by atoms with Crippen molar-refractivity contribution in [3.05, 3.63) is 64.4 Å². The van der Waals surface area contributed by atoms with E-state index in [-0.39, 0.29) is 22.7 Å². The Hall–Kier alpha value is -3.68. The van der Waals surface area contributed by atoms with Crippen LogP contribution < -0.4 is 11.4 Å². The zero-order valence-corrected chi connectivity index (χ0v) is 13.2. The van der Waals surface area contributed by atoms with Crippen LogP contribution in [0.2, 0.25) is 0 Å². The third kappa shape index (κ3) is 2.40.